The van der Waals surface area contributed by atoms with Gasteiger partial charge in [-0.15, -0.1) is 0 Å². The molecule has 0 radical (unpaired) electrons. The summed E-state index contributed by atoms with van der Waals surface area (Å²) in [6.45, 7) is 0.172. The number of halogens is 2. The number of anilines is 1. The minimum Gasteiger partial charge on any atom is -0.508 e. The molecule has 12 nitrogen and oxygen atoms in total. The zero-order chi connectivity index (χ0) is 39.5. The zero-order valence-electron chi connectivity index (χ0n) is 30.4. The van der Waals surface area contributed by atoms with Crippen molar-refractivity contribution in [1.82, 2.24) is 9.91 Å². The highest BCUT2D eigenvalue weighted by atomic mass is 35.5. The summed E-state index contributed by atoms with van der Waals surface area (Å²) in [5.41, 5.74) is 4.40. The third-order valence-electron chi connectivity index (χ3n) is 12.1. The summed E-state index contributed by atoms with van der Waals surface area (Å²) in [5.74, 6) is -5.24. The normalized spacial score (nSPS) is 26.4. The molecule has 6 unspecified atom stereocenters. The van der Waals surface area contributed by atoms with Gasteiger partial charge in [0.15, 0.2) is 0 Å². The summed E-state index contributed by atoms with van der Waals surface area (Å²) in [7, 11) is 1.54. The number of carboxylic acids is 1. The minimum atomic E-state index is -1.55. The first-order valence-electron chi connectivity index (χ1n) is 18.6. The van der Waals surface area contributed by atoms with E-state index in [9.17, 15) is 24.3 Å². The molecular formula is C42H39Cl2N3O9. The number of fused-ring (bicyclic) bond motifs is 5. The van der Waals surface area contributed by atoms with Crippen molar-refractivity contribution in [2.45, 2.75) is 50.4 Å². The molecule has 290 valence electrons. The number of carbonyl (C=O) groups is 5. The van der Waals surface area contributed by atoms with Crippen LogP contribution in [0.5, 0.6) is 17.2 Å². The third-order valence-corrected chi connectivity index (χ3v) is 12.6. The Hall–Kier alpha value is -5.33. The number of aliphatic carboxylic acids is 1. The number of imide groups is 2. The second-order valence-corrected chi connectivity index (χ2v) is 15.9. The molecule has 2 saturated heterocycles. The molecular weight excluding hydrogens is 761 g/mol. The van der Waals surface area contributed by atoms with E-state index in [0.29, 0.717) is 52.5 Å². The average Bonchev–Trinajstić information content (AvgIpc) is 3.55. The number of nitrogens with zero attached hydrogens (tertiary/aromatic N) is 2. The topological polar surface area (TPSA) is 163 Å². The van der Waals surface area contributed by atoms with Gasteiger partial charge in [-0.25, -0.2) is 0 Å². The molecule has 3 aromatic rings. The van der Waals surface area contributed by atoms with Crippen LogP contribution >= 0.6 is 23.2 Å². The number of carbonyl (C=O) groups excluding carboxylic acids is 4. The van der Waals surface area contributed by atoms with E-state index in [0.717, 1.165) is 10.6 Å². The Bertz CT molecular complexity index is 2220. The summed E-state index contributed by atoms with van der Waals surface area (Å²) in [4.78, 5) is 71.1. The number of allylic oxidation sites excluding steroid dienone is 3. The van der Waals surface area contributed by atoms with Crippen LogP contribution in [0, 0.1) is 29.6 Å². The van der Waals surface area contributed by atoms with Crippen molar-refractivity contribution >= 4 is 58.5 Å². The summed E-state index contributed by atoms with van der Waals surface area (Å²) < 4.78 is 11.7. The highest BCUT2D eigenvalue weighted by Gasteiger charge is 2.70. The molecule has 4 amide bonds. The third kappa shape index (κ3) is 6.10. The van der Waals surface area contributed by atoms with E-state index in [1.54, 1.807) is 54.8 Å². The Morgan fingerprint density at radius 3 is 2.48 bits per heavy atom. The number of unbranched alkanes of at least 4 members (excludes halogenated alkanes) is 2. The lowest BCUT2D eigenvalue weighted by Gasteiger charge is -2.51. The van der Waals surface area contributed by atoms with Gasteiger partial charge in [0.1, 0.15) is 17.2 Å². The molecule has 14 heteroatoms. The van der Waals surface area contributed by atoms with Gasteiger partial charge in [-0.2, -0.15) is 5.01 Å². The maximum atomic E-state index is 15.5. The molecule has 1 saturated carbocycles. The number of hydrogen-bond acceptors (Lipinski definition) is 9. The van der Waals surface area contributed by atoms with E-state index >= 15 is 4.79 Å². The lowest BCUT2D eigenvalue weighted by molar-refractivity contribution is -0.141. The number of nitrogens with one attached hydrogen (secondary N) is 1. The first kappa shape index (κ1) is 37.6. The van der Waals surface area contributed by atoms with E-state index in [1.165, 1.54) is 24.1 Å². The number of hydrazine groups is 1. The number of carboxylic acid groups (broad SMARTS) is 1. The first-order valence-corrected chi connectivity index (χ1v) is 19.4. The van der Waals surface area contributed by atoms with Crippen molar-refractivity contribution in [3.05, 3.63) is 105 Å². The largest absolute Gasteiger partial charge is 0.508 e. The maximum absolute atomic E-state index is 15.5. The van der Waals surface area contributed by atoms with Gasteiger partial charge in [0.05, 0.1) is 47.3 Å². The van der Waals surface area contributed by atoms with E-state index in [-0.39, 0.29) is 60.5 Å². The van der Waals surface area contributed by atoms with E-state index < -0.39 is 52.8 Å². The molecule has 0 bridgehead atoms. The number of ether oxygens (including phenoxy) is 2. The smallest absolute Gasteiger partial charge is 0.303 e. The average molecular weight is 801 g/mol. The van der Waals surface area contributed by atoms with Crippen molar-refractivity contribution in [2.24, 2.45) is 29.6 Å². The number of hydrogen-bond donors (Lipinski definition) is 3. The van der Waals surface area contributed by atoms with E-state index in [2.05, 4.69) is 5.43 Å². The molecule has 3 heterocycles. The predicted octanol–water partition coefficient (Wildman–Crippen LogP) is 6.69. The number of methoxy groups -OCH3 is 1. The van der Waals surface area contributed by atoms with Crippen LogP contribution in [0.25, 0.3) is 0 Å². The van der Waals surface area contributed by atoms with Crippen molar-refractivity contribution in [3.8, 4) is 17.2 Å². The fourth-order valence-corrected chi connectivity index (χ4v) is 10.1. The van der Waals surface area contributed by atoms with Gasteiger partial charge < -0.3 is 19.7 Å². The second-order valence-electron chi connectivity index (χ2n) is 15.0. The van der Waals surface area contributed by atoms with Gasteiger partial charge in [-0.1, -0.05) is 53.4 Å². The Morgan fingerprint density at radius 1 is 0.964 bits per heavy atom. The van der Waals surface area contributed by atoms with Crippen LogP contribution in [0.3, 0.4) is 0 Å². The molecule has 3 fully saturated rings. The van der Waals surface area contributed by atoms with Crippen molar-refractivity contribution in [1.29, 1.82) is 0 Å². The molecule has 56 heavy (non-hydrogen) atoms. The predicted molar refractivity (Wildman–Crippen MR) is 205 cm³/mol. The first-order chi connectivity index (χ1) is 26.9. The number of rotatable bonds is 11. The Kier molecular flexibility index (Phi) is 9.82. The Labute approximate surface area is 332 Å². The summed E-state index contributed by atoms with van der Waals surface area (Å²) in [5, 5.41) is 21.1. The van der Waals surface area contributed by atoms with Gasteiger partial charge >= 0.3 is 5.97 Å². The number of amides is 4. The van der Waals surface area contributed by atoms with Gasteiger partial charge in [0.2, 0.25) is 11.8 Å². The molecule has 0 aromatic heterocycles. The monoisotopic (exact) mass is 799 g/mol. The summed E-state index contributed by atoms with van der Waals surface area (Å²) >= 11 is 12.7. The molecule has 0 spiro atoms. The van der Waals surface area contributed by atoms with E-state index in [1.807, 2.05) is 6.08 Å². The molecule has 8 rings (SSSR count). The summed E-state index contributed by atoms with van der Waals surface area (Å²) in [6, 6.07) is 16.5. The second kappa shape index (κ2) is 14.6. The molecule has 3 N–H and O–H groups in total. The number of benzene rings is 3. The quantitative estimate of drug-likeness (QED) is 0.108. The van der Waals surface area contributed by atoms with E-state index in [4.69, 9.17) is 37.8 Å². The van der Waals surface area contributed by atoms with Gasteiger partial charge in [0.25, 0.3) is 11.8 Å². The Balaban J connectivity index is 1.26. The highest BCUT2D eigenvalue weighted by molar-refractivity contribution is 6.36. The fraction of sp³-hybridized carbons (Fsp3) is 0.357. The molecule has 2 aliphatic carbocycles. The van der Waals surface area contributed by atoms with Crippen LogP contribution in [0.4, 0.5) is 5.69 Å². The zero-order valence-corrected chi connectivity index (χ0v) is 31.9. The minimum absolute atomic E-state index is 0.00766. The van der Waals surface area contributed by atoms with Gasteiger partial charge in [-0.3, -0.25) is 34.3 Å². The maximum Gasteiger partial charge on any atom is 0.303 e. The Morgan fingerprint density at radius 2 is 1.75 bits per heavy atom. The molecule has 3 aliphatic heterocycles. The van der Waals surface area contributed by atoms with Crippen LogP contribution in [-0.4, -0.2) is 63.4 Å². The van der Waals surface area contributed by atoms with Crippen molar-refractivity contribution < 1.29 is 43.7 Å². The van der Waals surface area contributed by atoms with Crippen LogP contribution in [0.15, 0.2) is 84.1 Å². The molecule has 5 aliphatic rings. The standard InChI is InChI=1S/C42H39Cl2N3O9/c1-55-27-10-6-24(7-11-27)42-31(39(52)47(41(42)54)45-33-14-8-25(43)19-32(33)44)20-30-28(37(42)23-17-22-18-26(48)9-15-34(22)56-21-23)12-13-29-36(30)40(53)46(38(29)51)16-4-2-3-5-35(49)50/h6-12,14-15,18-19,21,29-31,36-37,45,48H,2-5,13,16-17,20H2,1H3,(H,49,50). The summed E-state index contributed by atoms with van der Waals surface area (Å²) in [6.07, 6.45) is 5.66. The molecule has 3 aromatic carbocycles. The van der Waals surface area contributed by atoms with Crippen LogP contribution in [0.1, 0.15) is 49.7 Å². The van der Waals surface area contributed by atoms with Crippen LogP contribution in [-0.2, 0) is 35.8 Å². The lowest BCUT2D eigenvalue weighted by atomic mass is 9.48. The van der Waals surface area contributed by atoms with Gasteiger partial charge in [0, 0.05) is 35.9 Å². The lowest BCUT2D eigenvalue weighted by Crippen LogP contribution is -2.55. The van der Waals surface area contributed by atoms with Crippen molar-refractivity contribution in [2.75, 3.05) is 19.1 Å². The van der Waals surface area contributed by atoms with Crippen LogP contribution < -0.4 is 14.9 Å². The molecule has 6 atom stereocenters. The number of likely N-dealkylation sites (tertiary alicyclic amines) is 1. The van der Waals surface area contributed by atoms with Crippen LogP contribution in [0.2, 0.25) is 10.0 Å². The van der Waals surface area contributed by atoms with Gasteiger partial charge in [-0.05, 0) is 91.3 Å². The SMILES string of the molecule is COc1ccc(C23C(=O)N(Nc4ccc(Cl)cc4Cl)C(=O)C2CC2C(=CCC4C(=O)N(CCCCCC(=O)O)C(=O)C42)C3C2=COc3ccc(O)cc3C2)cc1. The highest BCUT2D eigenvalue weighted by Crippen LogP contribution is 2.63. The number of phenols is 1. The fourth-order valence-electron chi connectivity index (χ4n) is 9.67. The van der Waals surface area contributed by atoms with Crippen molar-refractivity contribution in [3.63, 3.8) is 0 Å². The number of phenolic OH excluding ortho intramolecular Hbond substituents is 1. The number of aromatic hydroxyl groups is 1.